The molecule has 2 aromatic rings. The Hall–Kier alpha value is -1.66. The van der Waals surface area contributed by atoms with E-state index in [0.717, 1.165) is 18.9 Å². The predicted molar refractivity (Wildman–Crippen MR) is 56.2 cm³/mol. The van der Waals surface area contributed by atoms with Gasteiger partial charge in [-0.3, -0.25) is 4.40 Å². The minimum absolute atomic E-state index is 0.106. The fourth-order valence-corrected chi connectivity index (χ4v) is 1.87. The Morgan fingerprint density at radius 2 is 2.44 bits per heavy atom. The van der Waals surface area contributed by atoms with Crippen molar-refractivity contribution >= 4 is 5.65 Å². The van der Waals surface area contributed by atoms with Crippen molar-refractivity contribution in [2.75, 3.05) is 19.7 Å². The first-order chi connectivity index (χ1) is 7.86. The third kappa shape index (κ3) is 1.43. The third-order valence-electron chi connectivity index (χ3n) is 2.66. The normalized spacial score (nSPS) is 21.4. The largest absolute Gasteiger partial charge is 0.504 e. The molecular formula is C10H12N4O2. The lowest BCUT2D eigenvalue weighted by Crippen LogP contribution is -2.34. The molecule has 0 amide bonds. The van der Waals surface area contributed by atoms with Gasteiger partial charge in [-0.05, 0) is 12.1 Å². The Bertz CT molecular complexity index is 504. The smallest absolute Gasteiger partial charge is 0.203 e. The van der Waals surface area contributed by atoms with Crippen molar-refractivity contribution in [1.82, 2.24) is 19.9 Å². The molecule has 0 aliphatic carbocycles. The SMILES string of the molecule is Oc1cccn2c(C3CNCCO3)nnc12. The van der Waals surface area contributed by atoms with Crippen molar-refractivity contribution in [1.29, 1.82) is 0 Å². The van der Waals surface area contributed by atoms with E-state index in [1.165, 1.54) is 0 Å². The number of hydrogen-bond acceptors (Lipinski definition) is 5. The number of fused-ring (bicyclic) bond motifs is 1. The van der Waals surface area contributed by atoms with Gasteiger partial charge in [-0.1, -0.05) is 0 Å². The lowest BCUT2D eigenvalue weighted by molar-refractivity contribution is 0.0215. The number of ether oxygens (including phenoxy) is 1. The van der Waals surface area contributed by atoms with Gasteiger partial charge in [0.25, 0.3) is 0 Å². The van der Waals surface area contributed by atoms with Crippen LogP contribution in [0.25, 0.3) is 5.65 Å². The van der Waals surface area contributed by atoms with Gasteiger partial charge in [-0.25, -0.2) is 0 Å². The first-order valence-corrected chi connectivity index (χ1v) is 5.21. The van der Waals surface area contributed by atoms with Crippen molar-refractivity contribution in [2.45, 2.75) is 6.10 Å². The van der Waals surface area contributed by atoms with Crippen LogP contribution in [-0.2, 0) is 4.74 Å². The second-order valence-electron chi connectivity index (χ2n) is 3.71. The molecule has 84 valence electrons. The summed E-state index contributed by atoms with van der Waals surface area (Å²) in [5.74, 6) is 0.850. The predicted octanol–water partition coefficient (Wildman–Crippen LogP) is 0.0958. The molecule has 2 N–H and O–H groups in total. The minimum atomic E-state index is -0.106. The molecule has 0 aromatic carbocycles. The van der Waals surface area contributed by atoms with Gasteiger partial charge in [0.2, 0.25) is 5.65 Å². The molecule has 6 heteroatoms. The molecule has 1 unspecified atom stereocenters. The summed E-state index contributed by atoms with van der Waals surface area (Å²) in [4.78, 5) is 0. The topological polar surface area (TPSA) is 71.7 Å². The van der Waals surface area contributed by atoms with E-state index in [2.05, 4.69) is 15.5 Å². The molecule has 1 aliphatic heterocycles. The maximum absolute atomic E-state index is 9.60. The van der Waals surface area contributed by atoms with Crippen LogP contribution in [0.2, 0.25) is 0 Å². The molecule has 1 aliphatic rings. The Kier molecular flexibility index (Phi) is 2.23. The van der Waals surface area contributed by atoms with Crippen LogP contribution < -0.4 is 5.32 Å². The first-order valence-electron chi connectivity index (χ1n) is 5.21. The number of morpholine rings is 1. The number of aromatic nitrogens is 3. The van der Waals surface area contributed by atoms with Gasteiger partial charge in [0.15, 0.2) is 11.6 Å². The molecular weight excluding hydrogens is 208 g/mol. The second kappa shape index (κ2) is 3.73. The van der Waals surface area contributed by atoms with Gasteiger partial charge in [-0.15, -0.1) is 10.2 Å². The van der Waals surface area contributed by atoms with Crippen molar-refractivity contribution in [3.8, 4) is 5.75 Å². The summed E-state index contributed by atoms with van der Waals surface area (Å²) in [6, 6.07) is 3.35. The lowest BCUT2D eigenvalue weighted by Gasteiger charge is -2.21. The van der Waals surface area contributed by atoms with E-state index in [-0.39, 0.29) is 11.9 Å². The zero-order valence-electron chi connectivity index (χ0n) is 8.63. The summed E-state index contributed by atoms with van der Waals surface area (Å²) >= 11 is 0. The number of nitrogens with one attached hydrogen (secondary N) is 1. The third-order valence-corrected chi connectivity index (χ3v) is 2.66. The molecule has 0 bridgehead atoms. The number of aromatic hydroxyl groups is 1. The van der Waals surface area contributed by atoms with Crippen LogP contribution in [0.15, 0.2) is 18.3 Å². The van der Waals surface area contributed by atoms with E-state index in [9.17, 15) is 5.11 Å². The average Bonchev–Trinajstić information content (AvgIpc) is 2.75. The first kappa shape index (κ1) is 9.56. The number of pyridine rings is 1. The maximum atomic E-state index is 9.60. The number of nitrogens with zero attached hydrogens (tertiary/aromatic N) is 3. The van der Waals surface area contributed by atoms with Crippen LogP contribution in [0.3, 0.4) is 0 Å². The highest BCUT2D eigenvalue weighted by Gasteiger charge is 2.21. The highest BCUT2D eigenvalue weighted by atomic mass is 16.5. The Balaban J connectivity index is 2.06. The second-order valence-corrected chi connectivity index (χ2v) is 3.71. The van der Waals surface area contributed by atoms with E-state index in [1.54, 1.807) is 16.5 Å². The Morgan fingerprint density at radius 1 is 1.50 bits per heavy atom. The molecule has 1 fully saturated rings. The zero-order valence-corrected chi connectivity index (χ0v) is 8.63. The standard InChI is InChI=1S/C10H12N4O2/c15-7-2-1-4-14-9(7)12-13-10(14)8-6-11-3-5-16-8/h1-2,4,8,11,15H,3,5-6H2. The van der Waals surface area contributed by atoms with E-state index in [0.29, 0.717) is 12.3 Å². The summed E-state index contributed by atoms with van der Waals surface area (Å²) in [5.41, 5.74) is 0.465. The summed E-state index contributed by atoms with van der Waals surface area (Å²) in [5, 5.41) is 20.9. The van der Waals surface area contributed by atoms with Crippen molar-refractivity contribution in [3.05, 3.63) is 24.2 Å². The van der Waals surface area contributed by atoms with Crippen molar-refractivity contribution in [2.24, 2.45) is 0 Å². The maximum Gasteiger partial charge on any atom is 0.203 e. The van der Waals surface area contributed by atoms with E-state index < -0.39 is 0 Å². The van der Waals surface area contributed by atoms with Crippen molar-refractivity contribution < 1.29 is 9.84 Å². The average molecular weight is 220 g/mol. The minimum Gasteiger partial charge on any atom is -0.504 e. The van der Waals surface area contributed by atoms with Crippen LogP contribution in [-0.4, -0.2) is 39.4 Å². The molecule has 0 radical (unpaired) electrons. The molecule has 2 aromatic heterocycles. The van der Waals surface area contributed by atoms with Crippen LogP contribution in [0, 0.1) is 0 Å². The molecule has 0 spiro atoms. The Labute approximate surface area is 91.9 Å². The summed E-state index contributed by atoms with van der Waals surface area (Å²) in [7, 11) is 0. The molecule has 1 saturated heterocycles. The fourth-order valence-electron chi connectivity index (χ4n) is 1.87. The summed E-state index contributed by atoms with van der Waals surface area (Å²) in [6.45, 7) is 2.24. The number of rotatable bonds is 1. The van der Waals surface area contributed by atoms with Gasteiger partial charge >= 0.3 is 0 Å². The van der Waals surface area contributed by atoms with Crippen LogP contribution in [0.1, 0.15) is 11.9 Å². The molecule has 6 nitrogen and oxygen atoms in total. The fraction of sp³-hybridized carbons (Fsp3) is 0.400. The van der Waals surface area contributed by atoms with Crippen molar-refractivity contribution in [3.63, 3.8) is 0 Å². The summed E-state index contributed by atoms with van der Waals surface area (Å²) in [6.07, 6.45) is 1.72. The molecule has 3 rings (SSSR count). The molecule has 1 atom stereocenters. The van der Waals surface area contributed by atoms with Crippen LogP contribution >= 0.6 is 0 Å². The van der Waals surface area contributed by atoms with E-state index >= 15 is 0 Å². The molecule has 16 heavy (non-hydrogen) atoms. The quantitative estimate of drug-likeness (QED) is 0.713. The van der Waals surface area contributed by atoms with Gasteiger partial charge < -0.3 is 15.2 Å². The summed E-state index contributed by atoms with van der Waals surface area (Å²) < 4.78 is 7.36. The van der Waals surface area contributed by atoms with Crippen LogP contribution in [0.5, 0.6) is 5.75 Å². The lowest BCUT2D eigenvalue weighted by atomic mass is 10.3. The van der Waals surface area contributed by atoms with Gasteiger partial charge in [0, 0.05) is 19.3 Å². The van der Waals surface area contributed by atoms with E-state index in [1.807, 2.05) is 6.20 Å². The molecule has 0 saturated carbocycles. The van der Waals surface area contributed by atoms with Crippen LogP contribution in [0.4, 0.5) is 0 Å². The monoisotopic (exact) mass is 220 g/mol. The van der Waals surface area contributed by atoms with Gasteiger partial charge in [0.1, 0.15) is 6.10 Å². The highest BCUT2D eigenvalue weighted by molar-refractivity contribution is 5.52. The highest BCUT2D eigenvalue weighted by Crippen LogP contribution is 2.21. The zero-order chi connectivity index (χ0) is 11.0. The van der Waals surface area contributed by atoms with E-state index in [4.69, 9.17) is 4.74 Å². The number of hydrogen-bond donors (Lipinski definition) is 2. The molecule has 3 heterocycles. The van der Waals surface area contributed by atoms with Gasteiger partial charge in [-0.2, -0.15) is 0 Å². The van der Waals surface area contributed by atoms with Gasteiger partial charge in [0.05, 0.1) is 6.61 Å². The Morgan fingerprint density at radius 3 is 3.25 bits per heavy atom.